The number of nitrogens with one attached hydrogen (secondary N) is 1. The third kappa shape index (κ3) is 31.8. The van der Waals surface area contributed by atoms with Gasteiger partial charge in [0.2, 0.25) is 17.7 Å². The Morgan fingerprint density at radius 2 is 0.792 bits per heavy atom. The molecule has 2 fully saturated rings. The lowest BCUT2D eigenvalue weighted by atomic mass is 9.78. The average Bonchev–Trinajstić information content (AvgIpc) is 1.73. The molecule has 0 saturated carbocycles. The molecule has 6 rings (SSSR count). The molecule has 2 heterocycles. The van der Waals surface area contributed by atoms with E-state index >= 15 is 0 Å². The molecule has 4 aromatic carbocycles. The van der Waals surface area contributed by atoms with Crippen molar-refractivity contribution in [2.24, 2.45) is 47.3 Å². The van der Waals surface area contributed by atoms with E-state index < -0.39 is 53.4 Å². The van der Waals surface area contributed by atoms with Crippen LogP contribution < -0.4 is 5.32 Å². The van der Waals surface area contributed by atoms with E-state index in [1.165, 1.54) is 10.5 Å². The van der Waals surface area contributed by atoms with Crippen molar-refractivity contribution in [3.05, 3.63) is 144 Å². The normalized spacial score (nSPS) is 19.6. The van der Waals surface area contributed by atoms with Gasteiger partial charge in [-0.25, -0.2) is 0 Å². The third-order valence-electron chi connectivity index (χ3n) is 20.2. The second kappa shape index (κ2) is 55.9. The van der Waals surface area contributed by atoms with E-state index in [0.29, 0.717) is 70.4 Å². The highest BCUT2D eigenvalue weighted by Gasteiger charge is 2.45. The van der Waals surface area contributed by atoms with Crippen LogP contribution in [0, 0.1) is 47.3 Å². The summed E-state index contributed by atoms with van der Waals surface area (Å²) in [6.07, 6.45) is 7.17. The summed E-state index contributed by atoms with van der Waals surface area (Å²) in [6.45, 7) is 18.3. The van der Waals surface area contributed by atoms with Crippen molar-refractivity contribution >= 4 is 47.6 Å². The molecule has 23 heteroatoms. The molecule has 0 radical (unpaired) electrons. The van der Waals surface area contributed by atoms with Gasteiger partial charge >= 0.3 is 29.8 Å². The van der Waals surface area contributed by atoms with Crippen molar-refractivity contribution < 1.29 is 92.7 Å². The number of ether oxygens (including phenoxy) is 5. The number of aliphatic hydroxyl groups is 5. The first-order chi connectivity index (χ1) is 51.3. The fourth-order valence-corrected chi connectivity index (χ4v) is 14.1. The van der Waals surface area contributed by atoms with Crippen molar-refractivity contribution in [3.63, 3.8) is 0 Å². The fraction of sp³-hybridized carbons (Fsp3) is 0.614. The molecule has 12 atom stereocenters. The fourth-order valence-electron chi connectivity index (χ4n) is 14.1. The van der Waals surface area contributed by atoms with E-state index in [9.17, 15) is 53.7 Å². The van der Waals surface area contributed by atoms with Crippen LogP contribution in [0.2, 0.25) is 0 Å². The van der Waals surface area contributed by atoms with Crippen molar-refractivity contribution in [1.29, 1.82) is 0 Å². The van der Waals surface area contributed by atoms with E-state index in [1.54, 1.807) is 30.9 Å². The Hall–Kier alpha value is -7.48. The molecule has 23 nitrogen and oxygen atoms in total. The Morgan fingerprint density at radius 1 is 0.462 bits per heavy atom. The smallest absolute Gasteiger partial charge is 0.317 e. The largest absolute Gasteiger partial charge is 0.481 e. The summed E-state index contributed by atoms with van der Waals surface area (Å²) >= 11 is 0. The minimum Gasteiger partial charge on any atom is -0.481 e. The number of carboxylic acid groups (broad SMARTS) is 1. The maximum absolute atomic E-state index is 14.6. The summed E-state index contributed by atoms with van der Waals surface area (Å²) < 4.78 is 27.4. The van der Waals surface area contributed by atoms with Gasteiger partial charge in [-0.2, -0.15) is 0 Å². The molecule has 0 spiro atoms. The first kappa shape index (κ1) is 94.6. The number of carbonyl (C=O) groups excluding carboxylic acids is 7. The maximum atomic E-state index is 14.6. The standard InChI is InChI=1S/C42H62N2O8.C20H31NO5.C16H20O3.C4H11NO2.CH4O/c1-7-31(33-17-13-11-14-18-33)29-37-35(9-3)41(47)51-28-24-44(22-26-50-6)40(46)38(30-32(8-2)34-19-15-12-16-20-34)36(10-4)42(48)52-27-23-43(39(37)45)21-25-49-5;1-3-15(16-8-6-5-7-9-16)14-18(17(4-2)20(25)26)19(24)21(10-12-22)11-13-23;1-3-11(12-8-6-5-7-9-12)10-14-13(4-2)15(17)19-16(14)18;6-3-1-5-2-4-7;1-2/h11-20,31-32,35-38H,7-10,21-30H2,1-6H3;5-9,15,17-18,22-23H,3-4,10-14H2,1-2H3,(H,25,26);5-9,11,13-14H,3-4,10H2,1-2H3;5-7H,1-4H2;2H,1H3. The van der Waals surface area contributed by atoms with Crippen LogP contribution in [0.15, 0.2) is 121 Å². The minimum absolute atomic E-state index is 0.0388. The van der Waals surface area contributed by atoms with E-state index in [-0.39, 0.29) is 151 Å². The molecule has 594 valence electrons. The summed E-state index contributed by atoms with van der Waals surface area (Å²) in [4.78, 5) is 110. The van der Waals surface area contributed by atoms with Crippen molar-refractivity contribution in [2.45, 2.75) is 156 Å². The van der Waals surface area contributed by atoms with Crippen LogP contribution in [0.4, 0.5) is 0 Å². The van der Waals surface area contributed by atoms with Gasteiger partial charge in [0.05, 0.1) is 100 Å². The molecule has 7 N–H and O–H groups in total. The quantitative estimate of drug-likeness (QED) is 0.00955. The highest BCUT2D eigenvalue weighted by Crippen LogP contribution is 2.39. The lowest BCUT2D eigenvalue weighted by Gasteiger charge is -2.35. The van der Waals surface area contributed by atoms with E-state index in [0.717, 1.165) is 49.5 Å². The molecule has 12 unspecified atom stereocenters. The topological polar surface area (TPSA) is 326 Å². The molecule has 2 aliphatic rings. The molecule has 3 amide bonds. The van der Waals surface area contributed by atoms with Crippen LogP contribution in [0.25, 0.3) is 0 Å². The predicted octanol–water partition coefficient (Wildman–Crippen LogP) is 10.1. The Morgan fingerprint density at radius 3 is 1.09 bits per heavy atom. The van der Waals surface area contributed by atoms with Gasteiger partial charge in [-0.15, -0.1) is 0 Å². The van der Waals surface area contributed by atoms with Gasteiger partial charge in [-0.3, -0.25) is 38.4 Å². The van der Waals surface area contributed by atoms with Crippen molar-refractivity contribution in [3.8, 4) is 0 Å². The number of rotatable bonds is 37. The van der Waals surface area contributed by atoms with Gasteiger partial charge in [-0.1, -0.05) is 177 Å². The Balaban J connectivity index is 0.000000580. The van der Waals surface area contributed by atoms with E-state index in [4.69, 9.17) is 39.0 Å². The van der Waals surface area contributed by atoms with E-state index in [2.05, 4.69) is 62.5 Å². The molecule has 2 saturated heterocycles. The number of methoxy groups -OCH3 is 2. The summed E-state index contributed by atoms with van der Waals surface area (Å²) in [7, 11) is 4.15. The van der Waals surface area contributed by atoms with Crippen LogP contribution in [0.1, 0.15) is 178 Å². The Kier molecular flexibility index (Phi) is 49.9. The lowest BCUT2D eigenvalue weighted by molar-refractivity contribution is -0.161. The molecular formula is C83H128N4O19. The first-order valence-corrected chi connectivity index (χ1v) is 38.3. The monoisotopic (exact) mass is 1480 g/mol. The average molecular weight is 1490 g/mol. The number of amides is 3. The number of esters is 4. The summed E-state index contributed by atoms with van der Waals surface area (Å²) in [5.41, 5.74) is 4.53. The number of nitrogens with zero attached hydrogens (tertiary/aromatic N) is 3. The summed E-state index contributed by atoms with van der Waals surface area (Å²) in [6, 6.07) is 40.0. The number of carboxylic acids is 1. The molecule has 2 aliphatic heterocycles. The lowest BCUT2D eigenvalue weighted by Crippen LogP contribution is -2.47. The molecule has 0 aliphatic carbocycles. The Labute approximate surface area is 631 Å². The van der Waals surface area contributed by atoms with Crippen LogP contribution in [0.3, 0.4) is 0 Å². The zero-order valence-corrected chi connectivity index (χ0v) is 65.1. The van der Waals surface area contributed by atoms with Crippen molar-refractivity contribution in [2.75, 3.05) is 127 Å². The van der Waals surface area contributed by atoms with Crippen LogP contribution in [-0.4, -0.2) is 219 Å². The molecule has 106 heavy (non-hydrogen) atoms. The number of hydrogen-bond acceptors (Lipinski definition) is 19. The third-order valence-corrected chi connectivity index (χ3v) is 20.2. The minimum atomic E-state index is -0.985. The molecule has 0 aromatic heterocycles. The number of aliphatic carboxylic acids is 1. The molecular weight excluding hydrogens is 1360 g/mol. The first-order valence-electron chi connectivity index (χ1n) is 38.3. The number of benzene rings is 4. The van der Waals surface area contributed by atoms with Crippen LogP contribution in [-0.2, 0) is 62.0 Å². The van der Waals surface area contributed by atoms with Crippen LogP contribution in [0.5, 0.6) is 0 Å². The number of cyclic esters (lactones) is 4. The second-order valence-corrected chi connectivity index (χ2v) is 26.5. The van der Waals surface area contributed by atoms with Gasteiger partial charge in [-0.05, 0) is 123 Å². The summed E-state index contributed by atoms with van der Waals surface area (Å²) in [5, 5.41) is 54.1. The highest BCUT2D eigenvalue weighted by atomic mass is 16.6. The number of carbonyl (C=O) groups is 8. The van der Waals surface area contributed by atoms with Gasteiger partial charge < -0.3 is 74.3 Å². The van der Waals surface area contributed by atoms with Gasteiger partial charge in [0.1, 0.15) is 13.2 Å². The predicted molar refractivity (Wildman–Crippen MR) is 409 cm³/mol. The van der Waals surface area contributed by atoms with Crippen molar-refractivity contribution in [1.82, 2.24) is 20.0 Å². The number of aliphatic hydroxyl groups excluding tert-OH is 5. The highest BCUT2D eigenvalue weighted by molar-refractivity contribution is 5.96. The van der Waals surface area contributed by atoms with Gasteiger partial charge in [0, 0.05) is 60.6 Å². The Bertz CT molecular complexity index is 2930. The SMILES string of the molecule is CCC(CC(C(=O)N(CCO)CCO)C(CC)C(=O)O)c1ccccc1.CCC(CC1C(=O)N(CCOC)CCOC(=O)C(CC)C(CC(CC)c2ccccc2)C(=O)N(CCOC)CCOC(=O)C1CC)c1ccccc1.CCC(CC1C(=O)OC(=O)C1CC)c1ccccc1.CO.OCCNCCO. The van der Waals surface area contributed by atoms with Crippen LogP contribution >= 0.6 is 0 Å². The molecule has 0 bridgehead atoms. The van der Waals surface area contributed by atoms with E-state index in [1.807, 2.05) is 113 Å². The zero-order chi connectivity index (χ0) is 78.8. The second-order valence-electron chi connectivity index (χ2n) is 26.5. The maximum Gasteiger partial charge on any atom is 0.317 e. The van der Waals surface area contributed by atoms with Gasteiger partial charge in [0.15, 0.2) is 0 Å². The van der Waals surface area contributed by atoms with Gasteiger partial charge in [0.25, 0.3) is 0 Å². The molecule has 4 aromatic rings. The zero-order valence-electron chi connectivity index (χ0n) is 65.1. The summed E-state index contributed by atoms with van der Waals surface area (Å²) in [5.74, 6) is -7.59. The number of hydrogen-bond donors (Lipinski definition) is 7.